The standard InChI is InChI=1S/C14H13ClN2O3/c1-9-2-4-11(7-13(9)17(19)20)16-8-10-3-5-14(18)12(15)6-10/h2-7,16,18H,8H2,1H3. The quantitative estimate of drug-likeness (QED) is 0.662. The zero-order valence-corrected chi connectivity index (χ0v) is 11.5. The maximum absolute atomic E-state index is 10.9. The number of aryl methyl sites for hydroxylation is 1. The topological polar surface area (TPSA) is 75.4 Å². The fraction of sp³-hybridized carbons (Fsp3) is 0.143. The highest BCUT2D eigenvalue weighted by Gasteiger charge is 2.10. The molecule has 2 N–H and O–H groups in total. The first-order valence-electron chi connectivity index (χ1n) is 5.93. The zero-order valence-electron chi connectivity index (χ0n) is 10.8. The molecule has 6 heteroatoms. The minimum Gasteiger partial charge on any atom is -0.506 e. The summed E-state index contributed by atoms with van der Waals surface area (Å²) in [6.07, 6.45) is 0. The molecule has 0 saturated heterocycles. The molecule has 0 aliphatic heterocycles. The van der Waals surface area contributed by atoms with Crippen LogP contribution in [0.1, 0.15) is 11.1 Å². The molecule has 2 aromatic carbocycles. The van der Waals surface area contributed by atoms with E-state index in [1.54, 1.807) is 31.2 Å². The number of aromatic hydroxyl groups is 1. The Hall–Kier alpha value is -2.27. The smallest absolute Gasteiger partial charge is 0.274 e. The number of anilines is 1. The van der Waals surface area contributed by atoms with Crippen molar-refractivity contribution in [3.63, 3.8) is 0 Å². The van der Waals surface area contributed by atoms with Crippen LogP contribution in [0.4, 0.5) is 11.4 Å². The van der Waals surface area contributed by atoms with E-state index in [2.05, 4.69) is 5.32 Å². The first-order valence-corrected chi connectivity index (χ1v) is 6.31. The number of phenolic OH excluding ortho intramolecular Hbond substituents is 1. The molecule has 0 saturated carbocycles. The van der Waals surface area contributed by atoms with Crippen LogP contribution in [0.3, 0.4) is 0 Å². The van der Waals surface area contributed by atoms with Gasteiger partial charge < -0.3 is 10.4 Å². The maximum atomic E-state index is 10.9. The van der Waals surface area contributed by atoms with Crippen molar-refractivity contribution in [3.8, 4) is 5.75 Å². The zero-order chi connectivity index (χ0) is 14.7. The Bertz CT molecular complexity index is 659. The lowest BCUT2D eigenvalue weighted by Crippen LogP contribution is -2.00. The van der Waals surface area contributed by atoms with Crippen molar-refractivity contribution in [2.45, 2.75) is 13.5 Å². The molecule has 0 amide bonds. The summed E-state index contributed by atoms with van der Waals surface area (Å²) in [5, 5.41) is 23.6. The van der Waals surface area contributed by atoms with E-state index in [4.69, 9.17) is 11.6 Å². The highest BCUT2D eigenvalue weighted by atomic mass is 35.5. The van der Waals surface area contributed by atoms with Gasteiger partial charge in [-0.15, -0.1) is 0 Å². The van der Waals surface area contributed by atoms with Gasteiger partial charge in [0, 0.05) is 23.9 Å². The number of nitrogens with zero attached hydrogens (tertiary/aromatic N) is 1. The highest BCUT2D eigenvalue weighted by Crippen LogP contribution is 2.25. The second kappa shape index (κ2) is 5.79. The van der Waals surface area contributed by atoms with Gasteiger partial charge >= 0.3 is 0 Å². The van der Waals surface area contributed by atoms with Crippen LogP contribution < -0.4 is 5.32 Å². The number of halogens is 1. The van der Waals surface area contributed by atoms with E-state index in [1.807, 2.05) is 0 Å². The molecule has 0 unspecified atom stereocenters. The molecule has 5 nitrogen and oxygen atoms in total. The fourth-order valence-corrected chi connectivity index (χ4v) is 1.98. The van der Waals surface area contributed by atoms with Gasteiger partial charge in [-0.2, -0.15) is 0 Å². The Morgan fingerprint density at radius 2 is 2.05 bits per heavy atom. The van der Waals surface area contributed by atoms with Crippen LogP contribution in [0.25, 0.3) is 0 Å². The van der Waals surface area contributed by atoms with E-state index >= 15 is 0 Å². The van der Waals surface area contributed by atoms with E-state index < -0.39 is 4.92 Å². The van der Waals surface area contributed by atoms with Crippen LogP contribution in [-0.2, 0) is 6.54 Å². The Morgan fingerprint density at radius 1 is 1.30 bits per heavy atom. The average Bonchev–Trinajstić information content (AvgIpc) is 2.41. The van der Waals surface area contributed by atoms with Crippen LogP contribution in [0, 0.1) is 17.0 Å². The second-order valence-corrected chi connectivity index (χ2v) is 4.80. The van der Waals surface area contributed by atoms with E-state index in [-0.39, 0.29) is 16.5 Å². The second-order valence-electron chi connectivity index (χ2n) is 4.40. The molecule has 0 spiro atoms. The van der Waals surface area contributed by atoms with Crippen molar-refractivity contribution >= 4 is 23.0 Å². The molecule has 0 bridgehead atoms. The summed E-state index contributed by atoms with van der Waals surface area (Å²) in [7, 11) is 0. The van der Waals surface area contributed by atoms with Crippen molar-refractivity contribution < 1.29 is 10.0 Å². The van der Waals surface area contributed by atoms with Crippen molar-refractivity contribution in [1.82, 2.24) is 0 Å². The van der Waals surface area contributed by atoms with Gasteiger partial charge in [0.15, 0.2) is 0 Å². The summed E-state index contributed by atoms with van der Waals surface area (Å²) in [4.78, 5) is 10.5. The minimum absolute atomic E-state index is 0.0291. The van der Waals surface area contributed by atoms with Crippen LogP contribution in [0.5, 0.6) is 5.75 Å². The predicted octanol–water partition coefficient (Wildman–Crippen LogP) is 3.87. The van der Waals surface area contributed by atoms with E-state index in [1.165, 1.54) is 12.1 Å². The first-order chi connectivity index (χ1) is 9.47. The summed E-state index contributed by atoms with van der Waals surface area (Å²) in [6.45, 7) is 2.15. The molecule has 0 aliphatic carbocycles. The van der Waals surface area contributed by atoms with Crippen LogP contribution in [0.2, 0.25) is 5.02 Å². The van der Waals surface area contributed by atoms with Crippen LogP contribution >= 0.6 is 11.6 Å². The molecule has 0 fully saturated rings. The van der Waals surface area contributed by atoms with Gasteiger partial charge in [0.05, 0.1) is 9.95 Å². The number of rotatable bonds is 4. The monoisotopic (exact) mass is 292 g/mol. The van der Waals surface area contributed by atoms with Gasteiger partial charge in [0.1, 0.15) is 5.75 Å². The Kier molecular flexibility index (Phi) is 4.10. The minimum atomic E-state index is -0.405. The number of hydrogen-bond donors (Lipinski definition) is 2. The molecular formula is C14H13ClN2O3. The summed E-state index contributed by atoms with van der Waals surface area (Å²) < 4.78 is 0. The number of nitro groups is 1. The van der Waals surface area contributed by atoms with Gasteiger partial charge in [-0.1, -0.05) is 23.7 Å². The molecule has 0 aliphatic rings. The van der Waals surface area contributed by atoms with Gasteiger partial charge in [-0.05, 0) is 30.7 Å². The summed E-state index contributed by atoms with van der Waals surface area (Å²) in [6, 6.07) is 9.87. The van der Waals surface area contributed by atoms with Crippen molar-refractivity contribution in [2.75, 3.05) is 5.32 Å². The summed E-state index contributed by atoms with van der Waals surface area (Å²) in [5.41, 5.74) is 2.23. The highest BCUT2D eigenvalue weighted by molar-refractivity contribution is 6.32. The van der Waals surface area contributed by atoms with Gasteiger partial charge in [-0.3, -0.25) is 10.1 Å². The molecule has 2 aromatic rings. The lowest BCUT2D eigenvalue weighted by atomic mass is 10.1. The number of nitrogens with one attached hydrogen (secondary N) is 1. The molecule has 0 atom stereocenters. The lowest BCUT2D eigenvalue weighted by Gasteiger charge is -2.08. The number of hydrogen-bond acceptors (Lipinski definition) is 4. The summed E-state index contributed by atoms with van der Waals surface area (Å²) in [5.74, 6) is 0.0291. The van der Waals surface area contributed by atoms with E-state index in [9.17, 15) is 15.2 Å². The molecule has 0 radical (unpaired) electrons. The van der Waals surface area contributed by atoms with E-state index in [0.717, 1.165) is 5.56 Å². The van der Waals surface area contributed by atoms with Crippen molar-refractivity contribution in [1.29, 1.82) is 0 Å². The van der Waals surface area contributed by atoms with Crippen LogP contribution in [-0.4, -0.2) is 10.0 Å². The Balaban J connectivity index is 2.12. The van der Waals surface area contributed by atoms with Gasteiger partial charge in [-0.25, -0.2) is 0 Å². The third-order valence-corrected chi connectivity index (χ3v) is 3.22. The van der Waals surface area contributed by atoms with Gasteiger partial charge in [0.2, 0.25) is 0 Å². The predicted molar refractivity (Wildman–Crippen MR) is 78.3 cm³/mol. The maximum Gasteiger partial charge on any atom is 0.274 e. The molecule has 104 valence electrons. The molecule has 20 heavy (non-hydrogen) atoms. The van der Waals surface area contributed by atoms with Gasteiger partial charge in [0.25, 0.3) is 5.69 Å². The third kappa shape index (κ3) is 3.19. The number of nitro benzene ring substituents is 1. The Labute approximate surface area is 121 Å². The summed E-state index contributed by atoms with van der Waals surface area (Å²) >= 11 is 5.82. The molecule has 0 aromatic heterocycles. The van der Waals surface area contributed by atoms with Crippen molar-refractivity contribution in [2.24, 2.45) is 0 Å². The fourth-order valence-electron chi connectivity index (χ4n) is 1.78. The van der Waals surface area contributed by atoms with Crippen LogP contribution in [0.15, 0.2) is 36.4 Å². The SMILES string of the molecule is Cc1ccc(NCc2ccc(O)c(Cl)c2)cc1[N+](=O)[O-]. The molecular weight excluding hydrogens is 280 g/mol. The third-order valence-electron chi connectivity index (χ3n) is 2.91. The number of phenols is 1. The lowest BCUT2D eigenvalue weighted by molar-refractivity contribution is -0.385. The normalized spacial score (nSPS) is 10.3. The first kappa shape index (κ1) is 14.1. The molecule has 0 heterocycles. The molecule has 2 rings (SSSR count). The largest absolute Gasteiger partial charge is 0.506 e. The average molecular weight is 293 g/mol. The number of benzene rings is 2. The van der Waals surface area contributed by atoms with E-state index in [0.29, 0.717) is 17.8 Å². The Morgan fingerprint density at radius 3 is 2.70 bits per heavy atom. The van der Waals surface area contributed by atoms with Crippen molar-refractivity contribution in [3.05, 3.63) is 62.7 Å².